The van der Waals surface area contributed by atoms with Crippen LogP contribution in [-0.2, 0) is 20.7 Å². The molecule has 0 bridgehead atoms. The molecular formula is C16H21NO3. The van der Waals surface area contributed by atoms with Gasteiger partial charge in [0.25, 0.3) is 0 Å². The van der Waals surface area contributed by atoms with Gasteiger partial charge < -0.3 is 10.1 Å². The van der Waals surface area contributed by atoms with Crippen LogP contribution in [0.3, 0.4) is 0 Å². The lowest BCUT2D eigenvalue weighted by molar-refractivity contribution is -0.140. The number of esters is 1. The van der Waals surface area contributed by atoms with E-state index in [-0.39, 0.29) is 24.4 Å². The Balaban J connectivity index is 2.96. The molecule has 0 saturated carbocycles. The Hall–Kier alpha value is -2.10. The number of hydrogen-bond donors (Lipinski definition) is 1. The standard InChI is InChI=1S/C16H21NO3/c1-4-17-12(3)15(16(19)20-5-2)14(18)11-13-9-7-6-8-10-13/h6-10,17H,4-5,11H2,1-3H3/b15-12+. The molecule has 0 saturated heterocycles. The average Bonchev–Trinajstić information content (AvgIpc) is 2.40. The Bertz CT molecular complexity index is 492. The molecule has 1 aromatic rings. The molecule has 0 spiro atoms. The summed E-state index contributed by atoms with van der Waals surface area (Å²) in [6, 6.07) is 9.35. The van der Waals surface area contributed by atoms with E-state index in [4.69, 9.17) is 4.74 Å². The molecule has 0 aliphatic heterocycles. The first-order valence-electron chi connectivity index (χ1n) is 6.79. The molecule has 20 heavy (non-hydrogen) atoms. The predicted octanol–water partition coefficient (Wildman–Crippen LogP) is 2.24. The summed E-state index contributed by atoms with van der Waals surface area (Å²) in [6.45, 7) is 6.25. The van der Waals surface area contributed by atoms with Crippen LogP contribution in [0.5, 0.6) is 0 Å². The van der Waals surface area contributed by atoms with Crippen molar-refractivity contribution >= 4 is 11.8 Å². The van der Waals surface area contributed by atoms with Crippen molar-refractivity contribution in [3.05, 3.63) is 47.2 Å². The van der Waals surface area contributed by atoms with Gasteiger partial charge in [0.05, 0.1) is 6.61 Å². The first kappa shape index (κ1) is 16.0. The maximum absolute atomic E-state index is 12.3. The van der Waals surface area contributed by atoms with Crippen LogP contribution in [0.4, 0.5) is 0 Å². The van der Waals surface area contributed by atoms with Gasteiger partial charge in [-0.15, -0.1) is 0 Å². The largest absolute Gasteiger partial charge is 0.462 e. The predicted molar refractivity (Wildman–Crippen MR) is 78.2 cm³/mol. The highest BCUT2D eigenvalue weighted by Crippen LogP contribution is 2.11. The van der Waals surface area contributed by atoms with E-state index in [0.29, 0.717) is 12.2 Å². The SMILES string of the molecule is CCN/C(C)=C(\C(=O)Cc1ccccc1)C(=O)OCC. The minimum atomic E-state index is -0.563. The topological polar surface area (TPSA) is 55.4 Å². The highest BCUT2D eigenvalue weighted by Gasteiger charge is 2.22. The number of rotatable bonds is 7. The van der Waals surface area contributed by atoms with Crippen LogP contribution in [0.15, 0.2) is 41.6 Å². The maximum atomic E-state index is 12.3. The van der Waals surface area contributed by atoms with Crippen molar-refractivity contribution in [3.8, 4) is 0 Å². The normalized spacial score (nSPS) is 11.6. The number of ketones is 1. The number of carbonyl (C=O) groups is 2. The average molecular weight is 275 g/mol. The van der Waals surface area contributed by atoms with E-state index < -0.39 is 5.97 Å². The van der Waals surface area contributed by atoms with Crippen molar-refractivity contribution in [2.45, 2.75) is 27.2 Å². The van der Waals surface area contributed by atoms with Crippen LogP contribution < -0.4 is 5.32 Å². The molecule has 0 aliphatic rings. The molecule has 1 rings (SSSR count). The van der Waals surface area contributed by atoms with Crippen molar-refractivity contribution in [3.63, 3.8) is 0 Å². The second kappa shape index (κ2) is 8.15. The Morgan fingerprint density at radius 1 is 1.15 bits per heavy atom. The van der Waals surface area contributed by atoms with E-state index in [9.17, 15) is 9.59 Å². The van der Waals surface area contributed by atoms with Crippen molar-refractivity contribution in [1.29, 1.82) is 0 Å². The molecule has 0 amide bonds. The van der Waals surface area contributed by atoms with Gasteiger partial charge in [-0.05, 0) is 26.3 Å². The number of allylic oxidation sites excluding steroid dienone is 1. The first-order valence-corrected chi connectivity index (χ1v) is 6.79. The highest BCUT2D eigenvalue weighted by molar-refractivity contribution is 6.18. The van der Waals surface area contributed by atoms with Gasteiger partial charge in [-0.25, -0.2) is 4.79 Å². The van der Waals surface area contributed by atoms with E-state index in [1.165, 1.54) is 0 Å². The van der Waals surface area contributed by atoms with Crippen molar-refractivity contribution < 1.29 is 14.3 Å². The fourth-order valence-electron chi connectivity index (χ4n) is 1.90. The van der Waals surface area contributed by atoms with Crippen LogP contribution in [0.2, 0.25) is 0 Å². The van der Waals surface area contributed by atoms with E-state index in [1.807, 2.05) is 37.3 Å². The van der Waals surface area contributed by atoms with Gasteiger partial charge in [0.1, 0.15) is 5.57 Å². The van der Waals surface area contributed by atoms with Crippen molar-refractivity contribution in [2.75, 3.05) is 13.2 Å². The van der Waals surface area contributed by atoms with Crippen molar-refractivity contribution in [1.82, 2.24) is 5.32 Å². The zero-order valence-electron chi connectivity index (χ0n) is 12.2. The van der Waals surface area contributed by atoms with Crippen LogP contribution in [-0.4, -0.2) is 24.9 Å². The molecule has 0 aliphatic carbocycles. The Kier molecular flexibility index (Phi) is 6.50. The minimum absolute atomic E-state index is 0.109. The van der Waals surface area contributed by atoms with Gasteiger partial charge in [0.2, 0.25) is 0 Å². The summed E-state index contributed by atoms with van der Waals surface area (Å²) in [5.41, 5.74) is 1.55. The maximum Gasteiger partial charge on any atom is 0.343 e. The van der Waals surface area contributed by atoms with E-state index >= 15 is 0 Å². The van der Waals surface area contributed by atoms with Crippen LogP contribution in [0.25, 0.3) is 0 Å². The van der Waals surface area contributed by atoms with Crippen LogP contribution in [0.1, 0.15) is 26.3 Å². The lowest BCUT2D eigenvalue weighted by atomic mass is 10.0. The molecule has 0 heterocycles. The first-order chi connectivity index (χ1) is 9.60. The summed E-state index contributed by atoms with van der Waals surface area (Å²) < 4.78 is 4.97. The number of Topliss-reactive ketones (excluding diaryl/α,β-unsaturated/α-hetero) is 1. The lowest BCUT2D eigenvalue weighted by Crippen LogP contribution is -2.24. The zero-order chi connectivity index (χ0) is 15.0. The molecule has 0 atom stereocenters. The van der Waals surface area contributed by atoms with Gasteiger partial charge in [0, 0.05) is 18.7 Å². The number of ether oxygens (including phenoxy) is 1. The molecule has 108 valence electrons. The third-order valence-electron chi connectivity index (χ3n) is 2.78. The van der Waals surface area contributed by atoms with Gasteiger partial charge in [-0.3, -0.25) is 4.79 Å². The number of hydrogen-bond acceptors (Lipinski definition) is 4. The fraction of sp³-hybridized carbons (Fsp3) is 0.375. The monoisotopic (exact) mass is 275 g/mol. The molecule has 4 nitrogen and oxygen atoms in total. The molecule has 0 radical (unpaired) electrons. The summed E-state index contributed by atoms with van der Waals surface area (Å²) >= 11 is 0. The quantitative estimate of drug-likeness (QED) is 0.359. The second-order valence-electron chi connectivity index (χ2n) is 4.34. The molecular weight excluding hydrogens is 254 g/mol. The van der Waals surface area contributed by atoms with Gasteiger partial charge in [-0.1, -0.05) is 30.3 Å². The lowest BCUT2D eigenvalue weighted by Gasteiger charge is -2.11. The molecule has 0 fully saturated rings. The summed E-state index contributed by atoms with van der Waals surface area (Å²) in [6.07, 6.45) is 0.192. The Morgan fingerprint density at radius 2 is 1.80 bits per heavy atom. The number of benzene rings is 1. The molecule has 1 aromatic carbocycles. The fourth-order valence-corrected chi connectivity index (χ4v) is 1.90. The zero-order valence-corrected chi connectivity index (χ0v) is 12.2. The third-order valence-corrected chi connectivity index (χ3v) is 2.78. The number of nitrogens with one attached hydrogen (secondary N) is 1. The highest BCUT2D eigenvalue weighted by atomic mass is 16.5. The number of carbonyl (C=O) groups excluding carboxylic acids is 2. The van der Waals surface area contributed by atoms with Crippen LogP contribution >= 0.6 is 0 Å². The second-order valence-corrected chi connectivity index (χ2v) is 4.34. The van der Waals surface area contributed by atoms with E-state index in [1.54, 1.807) is 13.8 Å². The molecule has 4 heteroatoms. The van der Waals surface area contributed by atoms with Gasteiger partial charge >= 0.3 is 5.97 Å². The minimum Gasteiger partial charge on any atom is -0.462 e. The van der Waals surface area contributed by atoms with Gasteiger partial charge in [0.15, 0.2) is 5.78 Å². The smallest absolute Gasteiger partial charge is 0.343 e. The van der Waals surface area contributed by atoms with Gasteiger partial charge in [-0.2, -0.15) is 0 Å². The molecule has 0 unspecified atom stereocenters. The molecule has 1 N–H and O–H groups in total. The Morgan fingerprint density at radius 3 is 2.35 bits per heavy atom. The summed E-state index contributed by atoms with van der Waals surface area (Å²) in [5, 5.41) is 3.01. The van der Waals surface area contributed by atoms with Crippen LogP contribution in [0, 0.1) is 0 Å². The van der Waals surface area contributed by atoms with E-state index in [0.717, 1.165) is 5.56 Å². The summed E-state index contributed by atoms with van der Waals surface area (Å²) in [4.78, 5) is 24.3. The summed E-state index contributed by atoms with van der Waals surface area (Å²) in [5.74, 6) is -0.792. The molecule has 0 aromatic heterocycles. The van der Waals surface area contributed by atoms with E-state index in [2.05, 4.69) is 5.32 Å². The van der Waals surface area contributed by atoms with Crippen molar-refractivity contribution in [2.24, 2.45) is 0 Å². The summed E-state index contributed by atoms with van der Waals surface area (Å²) in [7, 11) is 0. The Labute approximate surface area is 119 Å². The third kappa shape index (κ3) is 4.53.